The van der Waals surface area contributed by atoms with Gasteiger partial charge in [-0.1, -0.05) is 0 Å². The molecule has 21 N–H and O–H groups in total. The summed E-state index contributed by atoms with van der Waals surface area (Å²) in [6.45, 7) is -7.61. The van der Waals surface area contributed by atoms with Crippen molar-refractivity contribution < 1.29 is 188 Å². The SMILES string of the molecule is O=C(O)/C=C\C(=O)OC[C@H]1O[C@@H]2O[C@H]3[C@H](O)[C@@H](O)[C@@H](O[C@H]4[C@H](O)[C@@H](O)[C@@H](O[C@H]5[C@H](O)[C@@H](O)[C@@H](O[C@H]6[C@H](O)[C@@H](O)[C@@H](O[C@H]7[C@H](O)[C@@H](O)[C@@H](O[C@H]8[C@H](O)[C@@H](O)[C@@H](O[C@H]1[C@H](O)[C@H]2O)O[C@@H]8CO)O[C@@H]7CO)O[C@@H]6CO)O[C@@H]5CO)O[C@@H]4CO)O[C@@H]3CO. The van der Waals surface area contributed by atoms with E-state index in [-0.39, 0.29) is 0 Å². The fourth-order valence-corrected chi connectivity index (χ4v) is 10.8. The van der Waals surface area contributed by atoms with E-state index in [4.69, 9.17) is 76.2 Å². The van der Waals surface area contributed by atoms with E-state index < -0.39 is 273 Å². The highest BCUT2D eigenvalue weighted by molar-refractivity contribution is 5.90. The smallest absolute Gasteiger partial charge is 0.331 e. The van der Waals surface area contributed by atoms with Gasteiger partial charge in [-0.3, -0.25) is 0 Å². The van der Waals surface area contributed by atoms with E-state index in [2.05, 4.69) is 0 Å². The van der Waals surface area contributed by atoms with Crippen LogP contribution in [0.3, 0.4) is 0 Å². The Kier molecular flexibility index (Phi) is 23.1. The molecule has 21 heterocycles. The third-order valence-electron chi connectivity index (χ3n) is 15.4. The van der Waals surface area contributed by atoms with Gasteiger partial charge in [0.15, 0.2) is 44.0 Å². The minimum atomic E-state index is -2.34. The van der Waals surface area contributed by atoms with Crippen molar-refractivity contribution >= 4 is 11.9 Å². The van der Waals surface area contributed by atoms with E-state index in [9.17, 15) is 112 Å². The van der Waals surface area contributed by atoms with Crippen molar-refractivity contribution in [2.75, 3.05) is 46.2 Å². The summed E-state index contributed by atoms with van der Waals surface area (Å²) in [7, 11) is 0. The Morgan fingerprint density at radius 3 is 0.631 bits per heavy atom. The number of rotatable bonds is 10. The lowest BCUT2D eigenvalue weighted by Crippen LogP contribution is -2.68. The van der Waals surface area contributed by atoms with Gasteiger partial charge in [0.2, 0.25) is 0 Å². The van der Waals surface area contributed by atoms with Crippen LogP contribution in [0.1, 0.15) is 0 Å². The molecule has 35 atom stereocenters. The molecule has 21 saturated heterocycles. The van der Waals surface area contributed by atoms with Crippen molar-refractivity contribution in [1.29, 1.82) is 0 Å². The summed E-state index contributed by atoms with van der Waals surface area (Å²) >= 11 is 0. The summed E-state index contributed by atoms with van der Waals surface area (Å²) < 4.78 is 85.0. The molecule has 0 aromatic heterocycles. The number of aliphatic hydroxyl groups is 20. The molecule has 21 fully saturated rings. The maximum absolute atomic E-state index is 12.6. The number of esters is 1. The molecule has 484 valence electrons. The van der Waals surface area contributed by atoms with Crippen molar-refractivity contribution in [2.24, 2.45) is 0 Å². The quantitative estimate of drug-likeness (QED) is 0.0713. The second-order valence-corrected chi connectivity index (χ2v) is 20.8. The van der Waals surface area contributed by atoms with Gasteiger partial charge in [0, 0.05) is 12.2 Å². The molecule has 38 nitrogen and oxygen atoms in total. The Morgan fingerprint density at radius 2 is 0.452 bits per heavy atom. The van der Waals surface area contributed by atoms with Gasteiger partial charge in [0.05, 0.1) is 39.6 Å². The Bertz CT molecular complexity index is 2120. The number of aliphatic carboxylic acids is 1. The number of aliphatic hydroxyl groups excluding tert-OH is 20. The number of carboxylic acids is 1. The Balaban J connectivity index is 1.10. The van der Waals surface area contributed by atoms with Crippen LogP contribution in [0.4, 0.5) is 0 Å². The highest BCUT2D eigenvalue weighted by Gasteiger charge is 2.59. The molecule has 14 bridgehead atoms. The maximum Gasteiger partial charge on any atom is 0.331 e. The number of hydrogen-bond acceptors (Lipinski definition) is 37. The summed E-state index contributed by atoms with van der Waals surface area (Å²) in [5.41, 5.74) is 0. The Morgan fingerprint density at radius 1 is 0.274 bits per heavy atom. The van der Waals surface area contributed by atoms with Crippen LogP contribution < -0.4 is 0 Å². The zero-order chi connectivity index (χ0) is 61.3. The van der Waals surface area contributed by atoms with Crippen LogP contribution in [0.5, 0.6) is 0 Å². The minimum Gasteiger partial charge on any atom is -0.478 e. The third-order valence-corrected chi connectivity index (χ3v) is 15.4. The topological polar surface area (TPSA) is 597 Å². The van der Waals surface area contributed by atoms with Crippen molar-refractivity contribution in [2.45, 2.75) is 215 Å². The molecule has 84 heavy (non-hydrogen) atoms. The molecule has 0 amide bonds. The van der Waals surface area contributed by atoms with Crippen LogP contribution in [0, 0.1) is 0 Å². The van der Waals surface area contributed by atoms with Crippen molar-refractivity contribution in [3.63, 3.8) is 0 Å². The minimum absolute atomic E-state index is 0.384. The van der Waals surface area contributed by atoms with Crippen LogP contribution in [-0.4, -0.2) is 380 Å². The summed E-state index contributed by atoms with van der Waals surface area (Å²) in [6, 6.07) is 0. The van der Waals surface area contributed by atoms with Crippen LogP contribution in [0.15, 0.2) is 12.2 Å². The molecular weight excluding hydrogens is 1160 g/mol. The van der Waals surface area contributed by atoms with E-state index in [1.165, 1.54) is 0 Å². The normalized spacial score (nSPS) is 51.7. The van der Waals surface area contributed by atoms with Crippen molar-refractivity contribution in [1.82, 2.24) is 0 Å². The monoisotopic (exact) mass is 1230 g/mol. The summed E-state index contributed by atoms with van der Waals surface area (Å²) in [4.78, 5) is 23.6. The largest absolute Gasteiger partial charge is 0.478 e. The molecule has 0 spiro atoms. The van der Waals surface area contributed by atoms with E-state index >= 15 is 0 Å². The molecule has 0 saturated carbocycles. The lowest BCUT2D eigenvalue weighted by atomic mass is 9.95. The molecule has 38 heteroatoms. The van der Waals surface area contributed by atoms with Gasteiger partial charge in [-0.25, -0.2) is 9.59 Å². The first-order valence-electron chi connectivity index (χ1n) is 26.3. The van der Waals surface area contributed by atoms with Gasteiger partial charge in [-0.05, 0) is 0 Å². The number of hydrogen-bond donors (Lipinski definition) is 21. The lowest BCUT2D eigenvalue weighted by Gasteiger charge is -2.50. The summed E-state index contributed by atoms with van der Waals surface area (Å²) in [6.07, 6.45) is -72.0. The average Bonchev–Trinajstić information content (AvgIpc) is 2.86. The fourth-order valence-electron chi connectivity index (χ4n) is 10.8. The van der Waals surface area contributed by atoms with Crippen LogP contribution in [0.25, 0.3) is 0 Å². The molecule has 0 aromatic carbocycles. The van der Waals surface area contributed by atoms with Gasteiger partial charge in [0.1, 0.15) is 178 Å². The van der Waals surface area contributed by atoms with Crippen LogP contribution >= 0.6 is 0 Å². The van der Waals surface area contributed by atoms with Gasteiger partial charge < -0.3 is 178 Å². The Hall–Kier alpha value is -2.68. The molecule has 0 aromatic rings. The zero-order valence-electron chi connectivity index (χ0n) is 43.6. The van der Waals surface area contributed by atoms with Crippen molar-refractivity contribution in [3.05, 3.63) is 12.2 Å². The van der Waals surface area contributed by atoms with Crippen LogP contribution in [0.2, 0.25) is 0 Å². The van der Waals surface area contributed by atoms with Gasteiger partial charge in [-0.15, -0.1) is 0 Å². The van der Waals surface area contributed by atoms with Crippen LogP contribution in [-0.2, 0) is 80.6 Å². The van der Waals surface area contributed by atoms with E-state index in [1.54, 1.807) is 0 Å². The van der Waals surface area contributed by atoms with Crippen molar-refractivity contribution in [3.8, 4) is 0 Å². The predicted molar refractivity (Wildman–Crippen MR) is 249 cm³/mol. The predicted octanol–water partition coefficient (Wildman–Crippen LogP) is -15.0. The lowest BCUT2D eigenvalue weighted by molar-refractivity contribution is -0.396. The standard InChI is InChI=1S/C46H72O38/c47-3-10-33-20(57)27(64)41(72-10)80-35-12(5-49)74-43(29(66)22(35)59)82-37-14(7-51)76-45(31(68)24(37)61)84-39-16(9-70-18(55)2-1-17(53)54)77-46(32(69)25(39)62)83-38-15(8-52)75-44(30(67)23(38)60)81-36-13(6-50)73-42(28(65)21(36)58)79-34-11(4-48)71-40(78-33)26(63)19(34)56/h1-2,10-16,19-52,56-69H,3-9H2,(H,53,54)/b2-1-/t10-,11-,12-,13-,14-,15-,16-,19-,20-,21-,22-,23-,24-,25-,26-,27-,28-,29-,30-,31-,32-,33-,34-,35-,36-,37-,38-,39-,40-,41-,42-,43-,44-,45-,46-/m1/s1. The Labute approximate surface area is 472 Å². The summed E-state index contributed by atoms with van der Waals surface area (Å²) in [5.74, 6) is -2.92. The molecule has 0 unspecified atom stereocenters. The molecule has 21 aliphatic heterocycles. The second kappa shape index (κ2) is 28.9. The maximum atomic E-state index is 12.6. The van der Waals surface area contributed by atoms with E-state index in [1.807, 2.05) is 0 Å². The zero-order valence-corrected chi connectivity index (χ0v) is 43.6. The highest BCUT2D eigenvalue weighted by Crippen LogP contribution is 2.39. The first kappa shape index (κ1) is 67.3. The van der Waals surface area contributed by atoms with E-state index in [0.717, 1.165) is 0 Å². The molecule has 21 aliphatic rings. The first-order chi connectivity index (χ1) is 39.9. The average molecular weight is 1230 g/mol. The van der Waals surface area contributed by atoms with E-state index in [0.29, 0.717) is 12.2 Å². The first-order valence-corrected chi connectivity index (χ1v) is 26.3. The number of carbonyl (C=O) groups excluding carboxylic acids is 1. The highest BCUT2D eigenvalue weighted by atomic mass is 16.8. The molecule has 21 rings (SSSR count). The summed E-state index contributed by atoms with van der Waals surface area (Å²) in [5, 5.41) is 231. The number of carboxylic acid groups (broad SMARTS) is 1. The number of carbonyl (C=O) groups is 2. The fraction of sp³-hybridized carbons (Fsp3) is 0.913. The second-order valence-electron chi connectivity index (χ2n) is 20.8. The van der Waals surface area contributed by atoms with Gasteiger partial charge in [0.25, 0.3) is 0 Å². The molecule has 0 aliphatic carbocycles. The number of ether oxygens (including phenoxy) is 15. The van der Waals surface area contributed by atoms with Gasteiger partial charge >= 0.3 is 11.9 Å². The molecule has 0 radical (unpaired) electrons. The van der Waals surface area contributed by atoms with Gasteiger partial charge in [-0.2, -0.15) is 0 Å². The third kappa shape index (κ3) is 13.9. The molecular formula is C46H72O38.